The van der Waals surface area contributed by atoms with E-state index in [0.717, 1.165) is 63.9 Å². The molecule has 4 N–H and O–H groups in total. The number of hydrogen-bond donors (Lipinski definition) is 4. The lowest BCUT2D eigenvalue weighted by molar-refractivity contribution is -0.144. The number of carbonyl (C=O) groups excluding carboxylic acids is 4. The second-order valence-corrected chi connectivity index (χ2v) is 20.2. The molecule has 3 atom stereocenters. The fourth-order valence-electron chi connectivity index (χ4n) is 8.83. The molecule has 0 spiro atoms. The number of halogens is 3. The van der Waals surface area contributed by atoms with Crippen LogP contribution in [0.2, 0.25) is 0 Å². The van der Waals surface area contributed by atoms with Crippen molar-refractivity contribution in [3.05, 3.63) is 101 Å². The van der Waals surface area contributed by atoms with Crippen LogP contribution in [0.3, 0.4) is 0 Å². The normalized spacial score (nSPS) is 15.5. The molecule has 1 unspecified atom stereocenters. The highest BCUT2D eigenvalue weighted by molar-refractivity contribution is 7.13. The highest BCUT2D eigenvalue weighted by Gasteiger charge is 2.44. The molecule has 3 aromatic heterocycles. The van der Waals surface area contributed by atoms with Crippen LogP contribution in [-0.4, -0.2) is 124 Å². The maximum absolute atomic E-state index is 14.0. The Morgan fingerprint density at radius 3 is 2.21 bits per heavy atom. The zero-order chi connectivity index (χ0) is 52.3. The van der Waals surface area contributed by atoms with Gasteiger partial charge in [-0.3, -0.25) is 28.4 Å². The van der Waals surface area contributed by atoms with Crippen LogP contribution in [0.15, 0.2) is 78.4 Å². The van der Waals surface area contributed by atoms with Crippen molar-refractivity contribution in [2.24, 2.45) is 12.5 Å². The molecule has 0 saturated carbocycles. The Kier molecular flexibility index (Phi) is 18.5. The Morgan fingerprint density at radius 1 is 0.849 bits per heavy atom. The topological polar surface area (TPSA) is 191 Å². The number of hydrogen-bond acceptors (Lipinski definition) is 11. The number of fused-ring (bicyclic) bond motifs is 3. The van der Waals surface area contributed by atoms with E-state index >= 15 is 0 Å². The fraction of sp³-hybridized carbons (Fsp3) is 0.472. The molecule has 7 rings (SSSR count). The van der Waals surface area contributed by atoms with Gasteiger partial charge in [-0.15, -0.1) is 11.3 Å². The summed E-state index contributed by atoms with van der Waals surface area (Å²) in [6, 6.07) is 16.2. The highest BCUT2D eigenvalue weighted by Crippen LogP contribution is 2.35. The molecule has 1 aliphatic rings. The van der Waals surface area contributed by atoms with Crippen molar-refractivity contribution in [3.63, 3.8) is 0 Å². The van der Waals surface area contributed by atoms with Gasteiger partial charge in [-0.05, 0) is 78.8 Å². The van der Waals surface area contributed by atoms with Crippen LogP contribution in [-0.2, 0) is 48.4 Å². The molecule has 16 nitrogen and oxygen atoms in total. The first-order valence-corrected chi connectivity index (χ1v) is 25.5. The average molecular weight is 1030 g/mol. The summed E-state index contributed by atoms with van der Waals surface area (Å²) in [6.07, 6.45) is -0.0114. The summed E-state index contributed by atoms with van der Waals surface area (Å²) in [5.74, 6) is -1.29. The van der Waals surface area contributed by atoms with Gasteiger partial charge in [0, 0.05) is 74.4 Å². The van der Waals surface area contributed by atoms with Gasteiger partial charge in [0.1, 0.15) is 12.1 Å². The lowest BCUT2D eigenvalue weighted by atomic mass is 9.85. The Labute approximate surface area is 426 Å². The van der Waals surface area contributed by atoms with Crippen LogP contribution >= 0.6 is 11.3 Å². The molecule has 73 heavy (non-hydrogen) atoms. The molecule has 4 heterocycles. The molecule has 4 amide bonds. The first-order chi connectivity index (χ1) is 34.9. The fourth-order valence-corrected chi connectivity index (χ4v) is 9.64. The molecular weight excluding hydrogens is 966 g/mol. The number of nitrogens with zero attached hydrogens (tertiary/aromatic N) is 5. The lowest BCUT2D eigenvalue weighted by Gasteiger charge is -2.35. The number of nitrogens with one attached hydrogen (secondary N) is 3. The van der Waals surface area contributed by atoms with E-state index in [0.29, 0.717) is 61.9 Å². The number of aromatic nitrogens is 4. The van der Waals surface area contributed by atoms with E-state index in [4.69, 9.17) is 14.2 Å². The lowest BCUT2D eigenvalue weighted by Crippen LogP contribution is -2.57. The summed E-state index contributed by atoms with van der Waals surface area (Å²) in [4.78, 5) is 60.4. The second-order valence-electron chi connectivity index (χ2n) is 19.4. The van der Waals surface area contributed by atoms with Gasteiger partial charge in [-0.25, -0.2) is 4.98 Å². The van der Waals surface area contributed by atoms with E-state index in [1.165, 1.54) is 17.0 Å². The van der Waals surface area contributed by atoms with Gasteiger partial charge in [0.15, 0.2) is 5.65 Å². The van der Waals surface area contributed by atoms with Gasteiger partial charge in [0.2, 0.25) is 17.7 Å². The maximum atomic E-state index is 14.0. The summed E-state index contributed by atoms with van der Waals surface area (Å²) >= 11 is 1.57. The minimum atomic E-state index is -4.45. The zero-order valence-electron chi connectivity index (χ0n) is 41.9. The Morgan fingerprint density at radius 2 is 1.53 bits per heavy atom. The highest BCUT2D eigenvalue weighted by atomic mass is 32.1. The number of benzene rings is 3. The van der Waals surface area contributed by atoms with Crippen molar-refractivity contribution < 1.29 is 51.7 Å². The van der Waals surface area contributed by atoms with Crippen LogP contribution < -0.4 is 16.0 Å². The number of β-amino-alcohol motifs (C(OH)–C–C–N with tert-alkyl or cyclic N) is 1. The first kappa shape index (κ1) is 54.6. The number of aliphatic hydroxyl groups is 1. The predicted molar refractivity (Wildman–Crippen MR) is 272 cm³/mol. The zero-order valence-corrected chi connectivity index (χ0v) is 42.7. The number of alkyl halides is 3. The minimum absolute atomic E-state index is 0.00767. The molecule has 20 heteroatoms. The largest absolute Gasteiger partial charge is 0.416 e. The summed E-state index contributed by atoms with van der Waals surface area (Å²) in [5.41, 5.74) is 5.54. The summed E-state index contributed by atoms with van der Waals surface area (Å²) in [5, 5.41) is 25.3. The smallest absolute Gasteiger partial charge is 0.391 e. The van der Waals surface area contributed by atoms with Gasteiger partial charge in [0.25, 0.3) is 5.91 Å². The van der Waals surface area contributed by atoms with E-state index in [-0.39, 0.29) is 56.8 Å². The van der Waals surface area contributed by atoms with Gasteiger partial charge < -0.3 is 40.2 Å². The first-order valence-electron chi connectivity index (χ1n) is 24.6. The monoisotopic (exact) mass is 1030 g/mol. The maximum Gasteiger partial charge on any atom is 0.416 e. The standard InChI is InChI=1S/C53H65F3N8O8S/c1-34-46(73-33-59-34)36-13-11-35(12-14-36)30-58-50(68)44-29-40(65)31-63(44)51(69)47(52(2,3)4)60-45(66)10-8-6-7-9-22-70-24-26-72-27-25-71-23-21-57-49(67)37-15-20-43-41(28-37)42-32-62(5)61-48(42)64(43)39-18-16-38(17-19-39)53(54,55)56/h11-20,28,32-33,40,44,47,65H,6-10,21-27,29-31H2,1-5H3,(H,57,67)(H,58,68)(H,60,66)/t40-,44+,47?/m1/s1. The number of ether oxygens (including phenoxy) is 3. The van der Waals surface area contributed by atoms with Gasteiger partial charge in [0.05, 0.1) is 66.3 Å². The molecule has 0 aliphatic carbocycles. The molecule has 0 bridgehead atoms. The van der Waals surface area contributed by atoms with Crippen molar-refractivity contribution in [2.45, 2.75) is 97.1 Å². The molecule has 6 aromatic rings. The number of rotatable bonds is 24. The van der Waals surface area contributed by atoms with E-state index in [1.54, 1.807) is 45.8 Å². The van der Waals surface area contributed by atoms with E-state index in [9.17, 15) is 37.5 Å². The van der Waals surface area contributed by atoms with Crippen molar-refractivity contribution in [2.75, 3.05) is 52.7 Å². The number of aliphatic hydroxyl groups excluding tert-OH is 1. The number of likely N-dealkylation sites (tertiary alicyclic amines) is 1. The molecule has 1 saturated heterocycles. The quantitative estimate of drug-likeness (QED) is 0.0442. The van der Waals surface area contributed by atoms with Crippen LogP contribution in [0.1, 0.15) is 86.5 Å². The molecule has 0 radical (unpaired) electrons. The van der Waals surface area contributed by atoms with Gasteiger partial charge in [-0.2, -0.15) is 18.3 Å². The molecule has 3 aromatic carbocycles. The minimum Gasteiger partial charge on any atom is -0.391 e. The van der Waals surface area contributed by atoms with Crippen LogP contribution in [0.25, 0.3) is 38.1 Å². The van der Waals surface area contributed by atoms with Crippen molar-refractivity contribution in [1.29, 1.82) is 0 Å². The number of amides is 4. The average Bonchev–Trinajstić information content (AvgIpc) is 4.14. The number of aryl methyl sites for hydroxylation is 2. The van der Waals surface area contributed by atoms with E-state index in [1.807, 2.05) is 63.7 Å². The Bertz CT molecular complexity index is 2820. The summed E-state index contributed by atoms with van der Waals surface area (Å²) in [7, 11) is 1.76. The molecular formula is C53H65F3N8O8S. The van der Waals surface area contributed by atoms with Crippen molar-refractivity contribution in [3.8, 4) is 16.1 Å². The molecule has 392 valence electrons. The van der Waals surface area contributed by atoms with E-state index < -0.39 is 41.2 Å². The predicted octanol–water partition coefficient (Wildman–Crippen LogP) is 7.51. The van der Waals surface area contributed by atoms with Crippen LogP contribution in [0, 0.1) is 12.3 Å². The third-order valence-electron chi connectivity index (χ3n) is 12.7. The summed E-state index contributed by atoms with van der Waals surface area (Å²) in [6.45, 7) is 10.4. The number of carbonyl (C=O) groups is 4. The Balaban J connectivity index is 0.723. The van der Waals surface area contributed by atoms with Crippen LogP contribution in [0.4, 0.5) is 13.2 Å². The molecule has 1 aliphatic heterocycles. The van der Waals surface area contributed by atoms with Crippen molar-refractivity contribution >= 4 is 56.9 Å². The summed E-state index contributed by atoms with van der Waals surface area (Å²) < 4.78 is 59.9. The van der Waals surface area contributed by atoms with Gasteiger partial charge >= 0.3 is 6.18 Å². The third kappa shape index (κ3) is 14.3. The molecule has 1 fully saturated rings. The van der Waals surface area contributed by atoms with Gasteiger partial charge in [-0.1, -0.05) is 57.9 Å². The second kappa shape index (κ2) is 24.7. The number of thiazole rings is 1. The van der Waals surface area contributed by atoms with Crippen LogP contribution in [0.5, 0.6) is 0 Å². The number of unbranched alkanes of at least 4 members (excludes halogenated alkanes) is 3. The SMILES string of the molecule is Cc1ncsc1-c1ccc(CNC(=O)[C@@H]2C[C@@H](O)CN2C(=O)C(NC(=O)CCCCCCOCCOCCOCCNC(=O)c2ccc3c(c2)c2cn(C)nc2n3-c2ccc(C(F)(F)F)cc2)C(C)(C)C)cc1. The third-order valence-corrected chi connectivity index (χ3v) is 13.7. The van der Waals surface area contributed by atoms with E-state index in [2.05, 4.69) is 26.0 Å². The Hall–Kier alpha value is -6.19. The van der Waals surface area contributed by atoms with Crippen molar-refractivity contribution in [1.82, 2.24) is 40.2 Å².